The van der Waals surface area contributed by atoms with Crippen LogP contribution in [0.2, 0.25) is 0 Å². The molecule has 0 unspecified atom stereocenters. The summed E-state index contributed by atoms with van der Waals surface area (Å²) >= 11 is 4.73. The molecular formula is C24H33I2O3P. The lowest BCUT2D eigenvalue weighted by Gasteiger charge is -2.29. The van der Waals surface area contributed by atoms with Gasteiger partial charge in [-0.1, -0.05) is 41.5 Å². The molecule has 0 aliphatic rings. The number of benzene rings is 2. The minimum Gasteiger partial charge on any atom is -0.417 e. The Morgan fingerprint density at radius 1 is 0.733 bits per heavy atom. The number of halogens is 2. The Morgan fingerprint density at radius 2 is 1.10 bits per heavy atom. The summed E-state index contributed by atoms with van der Waals surface area (Å²) in [6.07, 6.45) is 0. The van der Waals surface area contributed by atoms with Crippen LogP contribution in [0.4, 0.5) is 0 Å². The summed E-state index contributed by atoms with van der Waals surface area (Å²) in [6, 6.07) is 8.67. The SMILES string of the molecule is CCOP(Oc1c(C)cc(I)cc1C(C)(C)C)Oc1c(C)cc(I)cc1C(C)(C)C. The Hall–Kier alpha value is -0.110. The van der Waals surface area contributed by atoms with E-state index in [0.717, 1.165) is 33.8 Å². The molecule has 0 heterocycles. The number of hydrogen-bond acceptors (Lipinski definition) is 3. The third-order valence-corrected chi connectivity index (χ3v) is 7.04. The van der Waals surface area contributed by atoms with Crippen LogP contribution in [0.25, 0.3) is 0 Å². The maximum Gasteiger partial charge on any atom is 0.463 e. The zero-order valence-corrected chi connectivity index (χ0v) is 24.7. The van der Waals surface area contributed by atoms with Crippen LogP contribution in [0.3, 0.4) is 0 Å². The number of hydrogen-bond donors (Lipinski definition) is 0. The molecule has 3 nitrogen and oxygen atoms in total. The van der Waals surface area contributed by atoms with E-state index in [4.69, 9.17) is 13.6 Å². The van der Waals surface area contributed by atoms with Crippen LogP contribution >= 0.6 is 53.8 Å². The Labute approximate surface area is 210 Å². The molecule has 0 saturated heterocycles. The molecule has 0 aromatic heterocycles. The van der Waals surface area contributed by atoms with Gasteiger partial charge in [0.1, 0.15) is 11.5 Å². The molecule has 2 aromatic rings. The first-order valence-corrected chi connectivity index (χ1v) is 13.4. The van der Waals surface area contributed by atoms with E-state index < -0.39 is 8.60 Å². The highest BCUT2D eigenvalue weighted by molar-refractivity contribution is 14.1. The molecular weight excluding hydrogens is 621 g/mol. The van der Waals surface area contributed by atoms with Crippen LogP contribution < -0.4 is 9.05 Å². The van der Waals surface area contributed by atoms with Gasteiger partial charge in [0, 0.05) is 18.3 Å². The smallest absolute Gasteiger partial charge is 0.417 e. The second-order valence-electron chi connectivity index (χ2n) is 9.52. The van der Waals surface area contributed by atoms with E-state index in [1.165, 1.54) is 7.14 Å². The third-order valence-electron chi connectivity index (χ3n) is 4.66. The minimum atomic E-state index is -1.60. The second-order valence-corrected chi connectivity index (χ2v) is 13.1. The van der Waals surface area contributed by atoms with Crippen LogP contribution in [0.1, 0.15) is 70.7 Å². The lowest BCUT2D eigenvalue weighted by molar-refractivity contribution is 0.276. The average Bonchev–Trinajstić information content (AvgIpc) is 2.57. The summed E-state index contributed by atoms with van der Waals surface area (Å²) < 4.78 is 21.3. The quantitative estimate of drug-likeness (QED) is 0.230. The zero-order chi connectivity index (χ0) is 22.9. The highest BCUT2D eigenvalue weighted by Crippen LogP contribution is 2.49. The van der Waals surface area contributed by atoms with Crippen molar-refractivity contribution in [1.82, 2.24) is 0 Å². The molecule has 2 rings (SSSR count). The van der Waals surface area contributed by atoms with Crippen LogP contribution in [0, 0.1) is 21.0 Å². The summed E-state index contributed by atoms with van der Waals surface area (Å²) in [7, 11) is -1.60. The molecule has 0 spiro atoms. The zero-order valence-electron chi connectivity index (χ0n) is 19.4. The highest BCUT2D eigenvalue weighted by atomic mass is 127. The van der Waals surface area contributed by atoms with Gasteiger partial charge >= 0.3 is 8.60 Å². The van der Waals surface area contributed by atoms with Crippen molar-refractivity contribution >= 4 is 53.8 Å². The predicted octanol–water partition coefficient (Wildman–Crippen LogP) is 8.83. The van der Waals surface area contributed by atoms with E-state index in [1.54, 1.807) is 0 Å². The van der Waals surface area contributed by atoms with Crippen molar-refractivity contribution in [1.29, 1.82) is 0 Å². The molecule has 30 heavy (non-hydrogen) atoms. The van der Waals surface area contributed by atoms with E-state index in [0.29, 0.717) is 6.61 Å². The molecule has 0 aliphatic carbocycles. The normalized spacial score (nSPS) is 12.4. The predicted molar refractivity (Wildman–Crippen MR) is 145 cm³/mol. The van der Waals surface area contributed by atoms with E-state index >= 15 is 0 Å². The summed E-state index contributed by atoms with van der Waals surface area (Å²) in [5.41, 5.74) is 4.42. The third kappa shape index (κ3) is 6.69. The molecule has 2 aromatic carbocycles. The summed E-state index contributed by atoms with van der Waals surface area (Å²) in [5, 5.41) is 0. The summed E-state index contributed by atoms with van der Waals surface area (Å²) in [5.74, 6) is 1.73. The van der Waals surface area contributed by atoms with E-state index in [1.807, 2.05) is 6.92 Å². The van der Waals surface area contributed by atoms with E-state index in [2.05, 4.69) is 125 Å². The maximum atomic E-state index is 6.47. The molecule has 166 valence electrons. The molecule has 0 atom stereocenters. The van der Waals surface area contributed by atoms with Gasteiger partial charge in [-0.15, -0.1) is 0 Å². The molecule has 0 saturated carbocycles. The molecule has 0 amide bonds. The molecule has 0 bridgehead atoms. The van der Waals surface area contributed by atoms with Crippen molar-refractivity contribution in [3.8, 4) is 11.5 Å². The van der Waals surface area contributed by atoms with Crippen molar-refractivity contribution in [2.45, 2.75) is 73.1 Å². The lowest BCUT2D eigenvalue weighted by Crippen LogP contribution is -2.16. The summed E-state index contributed by atoms with van der Waals surface area (Å²) in [4.78, 5) is 0. The van der Waals surface area contributed by atoms with Gasteiger partial charge < -0.3 is 9.05 Å². The van der Waals surface area contributed by atoms with Gasteiger partial charge in [-0.25, -0.2) is 0 Å². The van der Waals surface area contributed by atoms with Gasteiger partial charge in [0.2, 0.25) is 0 Å². The number of rotatable bonds is 6. The largest absolute Gasteiger partial charge is 0.463 e. The summed E-state index contributed by atoms with van der Waals surface area (Å²) in [6.45, 7) is 19.9. The topological polar surface area (TPSA) is 27.7 Å². The maximum absolute atomic E-state index is 6.47. The van der Waals surface area contributed by atoms with Gasteiger partial charge in [-0.05, 0) is 112 Å². The Kier molecular flexibility index (Phi) is 8.91. The van der Waals surface area contributed by atoms with E-state index in [-0.39, 0.29) is 10.8 Å². The van der Waals surface area contributed by atoms with Gasteiger partial charge in [0.15, 0.2) is 0 Å². The van der Waals surface area contributed by atoms with Crippen LogP contribution in [-0.2, 0) is 15.4 Å². The first-order valence-electron chi connectivity index (χ1n) is 10.1. The molecule has 0 aliphatic heterocycles. The first-order chi connectivity index (χ1) is 13.7. The molecule has 0 N–H and O–H groups in total. The highest BCUT2D eigenvalue weighted by Gasteiger charge is 2.29. The van der Waals surface area contributed by atoms with Gasteiger partial charge in [-0.3, -0.25) is 4.52 Å². The fourth-order valence-corrected chi connectivity index (χ4v) is 5.84. The number of aryl methyl sites for hydroxylation is 2. The fraction of sp³-hybridized carbons (Fsp3) is 0.500. The minimum absolute atomic E-state index is 0.0517. The van der Waals surface area contributed by atoms with Crippen LogP contribution in [0.5, 0.6) is 11.5 Å². The monoisotopic (exact) mass is 654 g/mol. The molecule has 0 radical (unpaired) electrons. The van der Waals surface area contributed by atoms with Crippen molar-refractivity contribution < 1.29 is 13.6 Å². The average molecular weight is 654 g/mol. The molecule has 0 fully saturated rings. The van der Waals surface area contributed by atoms with Crippen molar-refractivity contribution in [2.24, 2.45) is 0 Å². The van der Waals surface area contributed by atoms with Gasteiger partial charge in [0.25, 0.3) is 0 Å². The van der Waals surface area contributed by atoms with Crippen LogP contribution in [0.15, 0.2) is 24.3 Å². The van der Waals surface area contributed by atoms with Gasteiger partial charge in [0.05, 0.1) is 6.61 Å². The van der Waals surface area contributed by atoms with Gasteiger partial charge in [-0.2, -0.15) is 0 Å². The van der Waals surface area contributed by atoms with Crippen molar-refractivity contribution in [2.75, 3.05) is 6.61 Å². The second kappa shape index (κ2) is 10.2. The first kappa shape index (κ1) is 26.1. The molecule has 6 heteroatoms. The fourth-order valence-electron chi connectivity index (χ4n) is 3.14. The Bertz CT molecular complexity index is 827. The Balaban J connectivity index is 2.50. The van der Waals surface area contributed by atoms with Crippen molar-refractivity contribution in [3.05, 3.63) is 53.7 Å². The van der Waals surface area contributed by atoms with E-state index in [9.17, 15) is 0 Å². The van der Waals surface area contributed by atoms with Crippen LogP contribution in [-0.4, -0.2) is 6.61 Å². The van der Waals surface area contributed by atoms with Crippen molar-refractivity contribution in [3.63, 3.8) is 0 Å². The standard InChI is InChI=1S/C24H33I2O3P/c1-10-27-30(28-21-15(2)11-17(25)13-19(21)23(4,5)6)29-22-16(3)12-18(26)14-20(22)24(7,8)9/h11-14H,10H2,1-9H3. The lowest BCUT2D eigenvalue weighted by atomic mass is 9.85. The Morgan fingerprint density at radius 3 is 1.40 bits per heavy atom.